The van der Waals surface area contributed by atoms with Crippen molar-refractivity contribution in [2.45, 2.75) is 32.6 Å². The molecule has 0 atom stereocenters. The number of nitrogens with one attached hydrogen (secondary N) is 2. The predicted molar refractivity (Wildman–Crippen MR) is 123 cm³/mol. The predicted octanol–water partition coefficient (Wildman–Crippen LogP) is 3.12. The molecule has 0 saturated carbocycles. The topological polar surface area (TPSA) is 58.1 Å². The zero-order chi connectivity index (χ0) is 18.5. The Hall–Kier alpha value is -1.22. The first-order valence-electron chi connectivity index (χ1n) is 9.83. The Balaban J connectivity index is 0.00000364. The molecule has 154 valence electrons. The monoisotopic (exact) mass is 490 g/mol. The molecule has 6 nitrogen and oxygen atoms in total. The highest BCUT2D eigenvalue weighted by Gasteiger charge is 2.09. The molecule has 0 amide bonds. The molecule has 0 unspecified atom stereocenters. The third kappa shape index (κ3) is 10.0. The number of unbranched alkanes of at least 4 members (excludes halogenated alkanes) is 1. The Kier molecular flexibility index (Phi) is 13.0. The molecule has 0 aliphatic carbocycles. The average Bonchev–Trinajstić information content (AvgIpc) is 3.18. The van der Waals surface area contributed by atoms with Crippen LogP contribution in [0.5, 0.6) is 11.5 Å². The van der Waals surface area contributed by atoms with Crippen LogP contribution < -0.4 is 20.1 Å². The summed E-state index contributed by atoms with van der Waals surface area (Å²) in [6.07, 6.45) is 5.09. The molecular weight excluding hydrogens is 455 g/mol. The molecule has 1 fully saturated rings. The lowest BCUT2D eigenvalue weighted by molar-refractivity contribution is 0.321. The maximum absolute atomic E-state index is 5.73. The number of methoxy groups -OCH3 is 1. The van der Waals surface area contributed by atoms with E-state index < -0.39 is 0 Å². The van der Waals surface area contributed by atoms with E-state index >= 15 is 0 Å². The van der Waals surface area contributed by atoms with Crippen molar-refractivity contribution in [2.24, 2.45) is 4.99 Å². The molecule has 2 N–H and O–H groups in total. The Morgan fingerprint density at radius 1 is 1.07 bits per heavy atom. The van der Waals surface area contributed by atoms with Crippen LogP contribution in [0.1, 0.15) is 32.6 Å². The van der Waals surface area contributed by atoms with Crippen molar-refractivity contribution in [3.05, 3.63) is 24.3 Å². The highest BCUT2D eigenvalue weighted by Crippen LogP contribution is 2.16. The average molecular weight is 490 g/mol. The van der Waals surface area contributed by atoms with Crippen LogP contribution in [0.3, 0.4) is 0 Å². The van der Waals surface area contributed by atoms with Crippen LogP contribution in [0, 0.1) is 0 Å². The molecule has 1 heterocycles. The van der Waals surface area contributed by atoms with Crippen LogP contribution in [-0.2, 0) is 0 Å². The van der Waals surface area contributed by atoms with Crippen molar-refractivity contribution in [2.75, 3.05) is 53.0 Å². The molecule has 0 bridgehead atoms. The van der Waals surface area contributed by atoms with Crippen LogP contribution >= 0.6 is 24.0 Å². The quantitative estimate of drug-likeness (QED) is 0.216. The van der Waals surface area contributed by atoms with Gasteiger partial charge in [0.2, 0.25) is 0 Å². The first-order chi connectivity index (χ1) is 12.8. The van der Waals surface area contributed by atoms with Crippen molar-refractivity contribution >= 4 is 29.9 Å². The molecular formula is C20H35IN4O2. The second-order valence-corrected chi connectivity index (χ2v) is 6.47. The van der Waals surface area contributed by atoms with Gasteiger partial charge in [0, 0.05) is 13.1 Å². The molecule has 7 heteroatoms. The number of benzene rings is 1. The number of hydrogen-bond acceptors (Lipinski definition) is 4. The van der Waals surface area contributed by atoms with Gasteiger partial charge >= 0.3 is 0 Å². The second-order valence-electron chi connectivity index (χ2n) is 6.47. The van der Waals surface area contributed by atoms with Gasteiger partial charge in [0.05, 0.1) is 13.7 Å². The lowest BCUT2D eigenvalue weighted by Gasteiger charge is -2.14. The van der Waals surface area contributed by atoms with E-state index in [0.29, 0.717) is 13.2 Å². The van der Waals surface area contributed by atoms with E-state index in [1.807, 2.05) is 24.3 Å². The van der Waals surface area contributed by atoms with Gasteiger partial charge in [0.1, 0.15) is 18.1 Å². The number of rotatable bonds is 11. The number of nitrogens with zero attached hydrogens (tertiary/aromatic N) is 2. The maximum Gasteiger partial charge on any atom is 0.191 e. The van der Waals surface area contributed by atoms with Crippen molar-refractivity contribution in [1.82, 2.24) is 15.5 Å². The van der Waals surface area contributed by atoms with Crippen LogP contribution in [0.4, 0.5) is 0 Å². The fourth-order valence-corrected chi connectivity index (χ4v) is 3.00. The van der Waals surface area contributed by atoms with Gasteiger partial charge in [0.25, 0.3) is 0 Å². The Morgan fingerprint density at radius 3 is 2.44 bits per heavy atom. The summed E-state index contributed by atoms with van der Waals surface area (Å²) in [5.74, 6) is 2.55. The molecule has 2 rings (SSSR count). The van der Waals surface area contributed by atoms with Crippen LogP contribution in [0.25, 0.3) is 0 Å². The Labute approximate surface area is 181 Å². The fraction of sp³-hybridized carbons (Fsp3) is 0.650. The molecule has 1 aliphatic rings. The minimum Gasteiger partial charge on any atom is -0.497 e. The van der Waals surface area contributed by atoms with Crippen molar-refractivity contribution in [1.29, 1.82) is 0 Å². The summed E-state index contributed by atoms with van der Waals surface area (Å²) in [6, 6.07) is 7.63. The number of halogens is 1. The molecule has 0 radical (unpaired) electrons. The summed E-state index contributed by atoms with van der Waals surface area (Å²) in [7, 11) is 1.66. The van der Waals surface area contributed by atoms with E-state index in [9.17, 15) is 0 Å². The fourth-order valence-electron chi connectivity index (χ4n) is 3.00. The van der Waals surface area contributed by atoms with Crippen molar-refractivity contribution < 1.29 is 9.47 Å². The number of likely N-dealkylation sites (tertiary alicyclic amines) is 1. The Bertz CT molecular complexity index is 519. The van der Waals surface area contributed by atoms with Gasteiger partial charge in [-0.25, -0.2) is 0 Å². The molecule has 1 aliphatic heterocycles. The van der Waals surface area contributed by atoms with Crippen molar-refractivity contribution in [3.8, 4) is 11.5 Å². The Morgan fingerprint density at radius 2 is 1.78 bits per heavy atom. The van der Waals surface area contributed by atoms with Gasteiger partial charge in [-0.05, 0) is 76.5 Å². The minimum atomic E-state index is 0. The first-order valence-corrected chi connectivity index (χ1v) is 9.83. The lowest BCUT2D eigenvalue weighted by atomic mass is 10.3. The SMILES string of the molecule is CCNC(=NCCCCN1CCCC1)NCCOc1ccc(OC)cc1.I. The zero-order valence-electron chi connectivity index (χ0n) is 16.7. The summed E-state index contributed by atoms with van der Waals surface area (Å²) in [5, 5.41) is 6.61. The highest BCUT2D eigenvalue weighted by molar-refractivity contribution is 14.0. The molecule has 1 aromatic rings. The lowest BCUT2D eigenvalue weighted by Crippen LogP contribution is -2.39. The summed E-state index contributed by atoms with van der Waals surface area (Å²) in [6.45, 7) is 8.88. The van der Waals surface area contributed by atoms with Gasteiger partial charge in [0.15, 0.2) is 5.96 Å². The summed E-state index contributed by atoms with van der Waals surface area (Å²) in [5.41, 5.74) is 0. The number of guanidine groups is 1. The van der Waals surface area contributed by atoms with Gasteiger partial charge < -0.3 is 25.0 Å². The largest absolute Gasteiger partial charge is 0.497 e. The zero-order valence-corrected chi connectivity index (χ0v) is 19.0. The van der Waals surface area contributed by atoms with E-state index in [0.717, 1.165) is 37.0 Å². The molecule has 0 spiro atoms. The van der Waals surface area contributed by atoms with E-state index in [1.54, 1.807) is 7.11 Å². The molecule has 1 saturated heterocycles. The van der Waals surface area contributed by atoms with Gasteiger partial charge in [-0.15, -0.1) is 24.0 Å². The van der Waals surface area contributed by atoms with E-state index in [-0.39, 0.29) is 24.0 Å². The number of aliphatic imine (C=N–C) groups is 1. The minimum absolute atomic E-state index is 0. The smallest absolute Gasteiger partial charge is 0.191 e. The third-order valence-corrected chi connectivity index (χ3v) is 4.42. The van der Waals surface area contributed by atoms with Crippen LogP contribution in [-0.4, -0.2) is 63.8 Å². The standard InChI is InChI=1S/C20H34N4O2.HI/c1-3-21-20(22-12-4-5-14-24-15-6-7-16-24)23-13-17-26-19-10-8-18(25-2)9-11-19;/h8-11H,3-7,12-17H2,1-2H3,(H2,21,22,23);1H. The van der Waals surface area contributed by atoms with Gasteiger partial charge in [-0.2, -0.15) is 0 Å². The van der Waals surface area contributed by atoms with Gasteiger partial charge in [-0.3, -0.25) is 4.99 Å². The molecule has 27 heavy (non-hydrogen) atoms. The number of ether oxygens (including phenoxy) is 2. The molecule has 0 aromatic heterocycles. The van der Waals surface area contributed by atoms with Gasteiger partial charge in [-0.1, -0.05) is 0 Å². The van der Waals surface area contributed by atoms with E-state index in [4.69, 9.17) is 9.47 Å². The third-order valence-electron chi connectivity index (χ3n) is 4.42. The summed E-state index contributed by atoms with van der Waals surface area (Å²) >= 11 is 0. The molecule has 1 aromatic carbocycles. The summed E-state index contributed by atoms with van der Waals surface area (Å²) in [4.78, 5) is 7.21. The van der Waals surface area contributed by atoms with Crippen molar-refractivity contribution in [3.63, 3.8) is 0 Å². The number of hydrogen-bond donors (Lipinski definition) is 2. The van der Waals surface area contributed by atoms with Crippen LogP contribution in [0.15, 0.2) is 29.3 Å². The normalized spacial score (nSPS) is 14.5. The second kappa shape index (κ2) is 14.8. The first kappa shape index (κ1) is 23.8. The maximum atomic E-state index is 5.73. The van der Waals surface area contributed by atoms with E-state index in [2.05, 4.69) is 27.4 Å². The summed E-state index contributed by atoms with van der Waals surface area (Å²) < 4.78 is 10.9. The van der Waals surface area contributed by atoms with E-state index in [1.165, 1.54) is 38.9 Å². The van der Waals surface area contributed by atoms with Crippen LogP contribution in [0.2, 0.25) is 0 Å². The highest BCUT2D eigenvalue weighted by atomic mass is 127.